The molecule has 5 aromatic carbocycles. The average Bonchev–Trinajstić information content (AvgIpc) is 2.96. The fraction of sp³-hybridized carbons (Fsp3) is 0.0333. The normalized spacial score (nSPS) is 12.2. The van der Waals surface area contributed by atoms with Crippen LogP contribution in [0.5, 0.6) is 11.5 Å². The zero-order valence-electron chi connectivity index (χ0n) is 21.6. The highest BCUT2D eigenvalue weighted by Gasteiger charge is 2.44. The Kier molecular flexibility index (Phi) is 9.15. The van der Waals surface area contributed by atoms with Crippen molar-refractivity contribution in [2.45, 2.75) is 10.7 Å². The molecule has 0 aliphatic rings. The monoisotopic (exact) mass is 607 g/mol. The van der Waals surface area contributed by atoms with E-state index in [0.29, 0.717) is 16.5 Å². The first kappa shape index (κ1) is 29.8. The summed E-state index contributed by atoms with van der Waals surface area (Å²) in [7, 11) is -8.64. The summed E-state index contributed by atoms with van der Waals surface area (Å²) in [6.45, 7) is 0. The van der Waals surface area contributed by atoms with Crippen molar-refractivity contribution < 1.29 is 39.8 Å². The zero-order valence-corrected chi connectivity index (χ0v) is 24.1. The third kappa shape index (κ3) is 6.78. The Hall–Kier alpha value is -4.14. The van der Waals surface area contributed by atoms with E-state index in [2.05, 4.69) is 4.72 Å². The van der Waals surface area contributed by atoms with Crippen molar-refractivity contribution in [3.63, 3.8) is 0 Å². The van der Waals surface area contributed by atoms with Crippen LogP contribution in [0.4, 0.5) is 0 Å². The number of hydrogen-bond acceptors (Lipinski definition) is 5. The maximum absolute atomic E-state index is 14.8. The number of fused-ring (bicyclic) bond motifs is 1. The van der Waals surface area contributed by atoms with Gasteiger partial charge in [-0.05, 0) is 53.4 Å². The summed E-state index contributed by atoms with van der Waals surface area (Å²) in [6, 6.07) is 35.4. The fourth-order valence-corrected chi connectivity index (χ4v) is 8.03. The summed E-state index contributed by atoms with van der Waals surface area (Å²) >= 11 is 0. The van der Waals surface area contributed by atoms with E-state index in [0.717, 1.165) is 5.39 Å². The lowest BCUT2D eigenvalue weighted by molar-refractivity contribution is -0.114. The number of rotatable bonds is 10. The lowest BCUT2D eigenvalue weighted by Gasteiger charge is -2.28. The SMILES string of the molecule is NC(=[NH2+])c1ccc(C(NS(=O)(=O)c2cccc3ccccc23)P(=O)(Oc2ccccc2)Oc2ccccc2)cc1.[Cl-]. The third-order valence-corrected chi connectivity index (χ3v) is 9.78. The van der Waals surface area contributed by atoms with Crippen LogP contribution in [0.25, 0.3) is 10.8 Å². The van der Waals surface area contributed by atoms with Crippen LogP contribution in [0.15, 0.2) is 132 Å². The average molecular weight is 608 g/mol. The number of nitrogens with two attached hydrogens (primary N) is 2. The van der Waals surface area contributed by atoms with Gasteiger partial charge in [-0.2, -0.15) is 4.72 Å². The van der Waals surface area contributed by atoms with Crippen molar-refractivity contribution in [2.24, 2.45) is 5.73 Å². The topological polar surface area (TPSA) is 133 Å². The lowest BCUT2D eigenvalue weighted by Crippen LogP contribution is -3.00. The van der Waals surface area contributed by atoms with Gasteiger partial charge in [-0.15, -0.1) is 0 Å². The molecule has 210 valence electrons. The lowest BCUT2D eigenvalue weighted by atomic mass is 10.1. The first-order chi connectivity index (χ1) is 19.2. The first-order valence-corrected chi connectivity index (χ1v) is 15.4. The summed E-state index contributed by atoms with van der Waals surface area (Å²) in [5.41, 5.74) is 6.59. The minimum absolute atomic E-state index is 0. The smallest absolute Gasteiger partial charge is 0.453 e. The molecule has 0 saturated heterocycles. The van der Waals surface area contributed by atoms with Crippen LogP contribution in [-0.4, -0.2) is 14.3 Å². The Morgan fingerprint density at radius 1 is 0.732 bits per heavy atom. The van der Waals surface area contributed by atoms with Crippen LogP contribution in [0.3, 0.4) is 0 Å². The zero-order chi connectivity index (χ0) is 28.2. The molecule has 0 aliphatic carbocycles. The molecule has 5 rings (SSSR count). The van der Waals surface area contributed by atoms with E-state index >= 15 is 0 Å². The van der Waals surface area contributed by atoms with Crippen molar-refractivity contribution >= 4 is 34.2 Å². The molecule has 5 aromatic rings. The molecule has 0 saturated carbocycles. The Balaban J connectivity index is 0.00000387. The van der Waals surface area contributed by atoms with E-state index < -0.39 is 23.4 Å². The highest BCUT2D eigenvalue weighted by Crippen LogP contribution is 2.59. The summed E-state index contributed by atoms with van der Waals surface area (Å²) in [6.07, 6.45) is 0. The molecule has 0 fully saturated rings. The molecule has 11 heteroatoms. The molecule has 0 amide bonds. The summed E-state index contributed by atoms with van der Waals surface area (Å²) in [5.74, 6) is -0.881. The van der Waals surface area contributed by atoms with Gasteiger partial charge in [0.15, 0.2) is 5.78 Å². The van der Waals surface area contributed by atoms with E-state index in [9.17, 15) is 13.0 Å². The van der Waals surface area contributed by atoms with Gasteiger partial charge in [-0.3, -0.25) is 11.1 Å². The van der Waals surface area contributed by atoms with Gasteiger partial charge in [0.1, 0.15) is 11.5 Å². The van der Waals surface area contributed by atoms with Gasteiger partial charge >= 0.3 is 7.60 Å². The minimum atomic E-state index is -4.37. The van der Waals surface area contributed by atoms with Crippen LogP contribution in [0.1, 0.15) is 16.9 Å². The fourth-order valence-electron chi connectivity index (χ4n) is 4.19. The molecule has 1 atom stereocenters. The molecule has 0 heterocycles. The molecule has 0 radical (unpaired) electrons. The van der Waals surface area contributed by atoms with Crippen molar-refractivity contribution in [2.75, 3.05) is 0 Å². The Labute approximate surface area is 244 Å². The molecule has 0 aliphatic heterocycles. The van der Waals surface area contributed by atoms with E-state index in [1.54, 1.807) is 103 Å². The summed E-state index contributed by atoms with van der Waals surface area (Å²) in [5, 5.41) is 6.99. The number of benzene rings is 5. The Bertz CT molecular complexity index is 1750. The highest BCUT2D eigenvalue weighted by molar-refractivity contribution is 7.90. The summed E-state index contributed by atoms with van der Waals surface area (Å²) < 4.78 is 57.4. The number of hydrogen-bond donors (Lipinski definition) is 3. The van der Waals surface area contributed by atoms with Gasteiger partial charge < -0.3 is 21.5 Å². The number of sulfonamides is 1. The third-order valence-electron chi connectivity index (χ3n) is 6.13. The largest absolute Gasteiger partial charge is 1.00 e. The maximum atomic E-state index is 14.8. The minimum Gasteiger partial charge on any atom is -1.00 e. The number of para-hydroxylation sites is 2. The molecule has 8 nitrogen and oxygen atoms in total. The van der Waals surface area contributed by atoms with Crippen molar-refractivity contribution in [3.05, 3.63) is 139 Å². The van der Waals surface area contributed by atoms with Gasteiger partial charge in [-0.25, -0.2) is 13.0 Å². The number of halogens is 1. The molecular formula is C30H27ClN3O5PS. The van der Waals surface area contributed by atoms with Gasteiger partial charge in [-0.1, -0.05) is 84.9 Å². The number of nitrogens with one attached hydrogen (secondary N) is 1. The predicted molar refractivity (Wildman–Crippen MR) is 155 cm³/mol. The van der Waals surface area contributed by atoms with E-state index in [4.69, 9.17) is 20.2 Å². The van der Waals surface area contributed by atoms with Gasteiger partial charge in [0, 0.05) is 5.39 Å². The highest BCUT2D eigenvalue weighted by atomic mass is 35.5. The van der Waals surface area contributed by atoms with E-state index in [1.165, 1.54) is 6.07 Å². The van der Waals surface area contributed by atoms with E-state index in [-0.39, 0.29) is 34.6 Å². The second-order valence-corrected chi connectivity index (χ2v) is 12.6. The van der Waals surface area contributed by atoms with Crippen LogP contribution in [0, 0.1) is 0 Å². The standard InChI is InChI=1S/C30H26N3O5PS.ClH/c31-29(32)23-18-20-24(21-19-23)30(33-40(35,36)28-17-9-11-22-10-7-8-16-27(22)28)39(34,37-25-12-3-1-4-13-25)38-26-14-5-2-6-15-26;/h1-21,30,33H,(H3,31,32);1H. The predicted octanol–water partition coefficient (Wildman–Crippen LogP) is 1.64. The Morgan fingerprint density at radius 2 is 1.24 bits per heavy atom. The van der Waals surface area contributed by atoms with Crippen LogP contribution < -0.4 is 37.3 Å². The molecule has 1 unspecified atom stereocenters. The first-order valence-electron chi connectivity index (χ1n) is 12.3. The van der Waals surface area contributed by atoms with E-state index in [1.807, 2.05) is 18.2 Å². The second kappa shape index (κ2) is 12.6. The van der Waals surface area contributed by atoms with Crippen molar-refractivity contribution in [1.82, 2.24) is 4.72 Å². The molecule has 5 N–H and O–H groups in total. The molecule has 41 heavy (non-hydrogen) atoms. The Morgan fingerprint density at radius 3 is 1.80 bits per heavy atom. The number of amidine groups is 1. The molecule has 0 spiro atoms. The van der Waals surface area contributed by atoms with Crippen LogP contribution in [0.2, 0.25) is 0 Å². The van der Waals surface area contributed by atoms with Crippen molar-refractivity contribution in [1.29, 1.82) is 0 Å². The quantitative estimate of drug-likeness (QED) is 0.126. The molecular weight excluding hydrogens is 581 g/mol. The van der Waals surface area contributed by atoms with Crippen LogP contribution >= 0.6 is 7.60 Å². The molecule has 0 aromatic heterocycles. The van der Waals surface area contributed by atoms with Crippen molar-refractivity contribution in [3.8, 4) is 11.5 Å². The second-order valence-electron chi connectivity index (χ2n) is 8.93. The molecule has 0 bridgehead atoms. The van der Waals surface area contributed by atoms with Gasteiger partial charge in [0.25, 0.3) is 5.84 Å². The summed E-state index contributed by atoms with van der Waals surface area (Å²) in [4.78, 5) is 0.0257. The van der Waals surface area contributed by atoms with Crippen LogP contribution in [-0.2, 0) is 14.6 Å². The van der Waals surface area contributed by atoms with Gasteiger partial charge in [0.05, 0.1) is 10.5 Å². The van der Waals surface area contributed by atoms with Gasteiger partial charge in [0.2, 0.25) is 10.0 Å². The maximum Gasteiger partial charge on any atom is 0.453 e.